The summed E-state index contributed by atoms with van der Waals surface area (Å²) in [7, 11) is 1.30. The maximum absolute atomic E-state index is 13.6. The highest BCUT2D eigenvalue weighted by atomic mass is 35.5. The van der Waals surface area contributed by atoms with Crippen LogP contribution in [0, 0.1) is 10.1 Å². The first-order valence-electron chi connectivity index (χ1n) is 13.4. The number of carbonyl (C=O) groups excluding carboxylic acids is 1. The summed E-state index contributed by atoms with van der Waals surface area (Å²) in [5.41, 5.74) is 0.789. The van der Waals surface area contributed by atoms with Crippen LogP contribution >= 0.6 is 11.6 Å². The van der Waals surface area contributed by atoms with Gasteiger partial charge >= 0.3 is 5.69 Å². The number of nitro groups is 1. The molecule has 2 heterocycles. The van der Waals surface area contributed by atoms with Gasteiger partial charge in [0.15, 0.2) is 18.1 Å². The van der Waals surface area contributed by atoms with Crippen LogP contribution in [0.4, 0.5) is 11.4 Å². The molecule has 12 nitrogen and oxygen atoms in total. The third kappa shape index (κ3) is 6.08. The van der Waals surface area contributed by atoms with E-state index in [0.29, 0.717) is 33.0 Å². The van der Waals surface area contributed by atoms with Crippen molar-refractivity contribution in [2.75, 3.05) is 19.0 Å². The van der Waals surface area contributed by atoms with Crippen molar-refractivity contribution in [3.8, 4) is 23.1 Å². The molecule has 0 unspecified atom stereocenters. The van der Waals surface area contributed by atoms with Crippen LogP contribution in [-0.2, 0) is 4.79 Å². The van der Waals surface area contributed by atoms with Crippen molar-refractivity contribution in [1.82, 2.24) is 9.66 Å². The molecule has 4 aromatic carbocycles. The minimum absolute atomic E-state index is 0.0218. The number of halogens is 1. The van der Waals surface area contributed by atoms with E-state index in [1.54, 1.807) is 60.7 Å². The van der Waals surface area contributed by atoms with E-state index in [1.807, 2.05) is 18.2 Å². The Bertz CT molecular complexity index is 2140. The highest BCUT2D eigenvalue weighted by Crippen LogP contribution is 2.38. The molecule has 6 aromatic rings. The zero-order chi connectivity index (χ0) is 31.5. The van der Waals surface area contributed by atoms with E-state index in [0.717, 1.165) is 10.1 Å². The first kappa shape index (κ1) is 29.1. The topological polar surface area (TPSA) is 151 Å². The van der Waals surface area contributed by atoms with Gasteiger partial charge < -0.3 is 19.2 Å². The van der Waals surface area contributed by atoms with Crippen LogP contribution in [0.15, 0.2) is 105 Å². The number of rotatable bonds is 9. The molecule has 45 heavy (non-hydrogen) atoms. The number of nitro benzene ring substituents is 1. The van der Waals surface area contributed by atoms with Crippen molar-refractivity contribution in [3.63, 3.8) is 0 Å². The third-order valence-electron chi connectivity index (χ3n) is 6.67. The summed E-state index contributed by atoms with van der Waals surface area (Å²) in [6.45, 7) is -0.535. The summed E-state index contributed by atoms with van der Waals surface area (Å²) in [6, 6.07) is 25.0. The monoisotopic (exact) mass is 623 g/mol. The molecule has 1 amide bonds. The average molecular weight is 624 g/mol. The number of methoxy groups -OCH3 is 1. The third-order valence-corrected chi connectivity index (χ3v) is 6.92. The van der Waals surface area contributed by atoms with E-state index >= 15 is 0 Å². The molecule has 0 bridgehead atoms. The fourth-order valence-corrected chi connectivity index (χ4v) is 4.72. The Balaban J connectivity index is 1.35. The standard InChI is InChI=1S/C32H22ClN5O7/c1-43-27-15-19(14-25(38(41)42)30(27)44-18-29(39)35-22-12-10-21(33)11-13-22)17-34-37-31(28-16-20-6-2-5-9-26(20)45-28)36-24-8-4-3-7-23(24)32(37)40/h2-17H,18H2,1H3,(H,35,39). The predicted octanol–water partition coefficient (Wildman–Crippen LogP) is 6.28. The normalized spacial score (nSPS) is 11.2. The number of anilines is 1. The molecule has 224 valence electrons. The van der Waals surface area contributed by atoms with Crippen LogP contribution in [0.5, 0.6) is 11.5 Å². The summed E-state index contributed by atoms with van der Waals surface area (Å²) in [4.78, 5) is 42.1. The van der Waals surface area contributed by atoms with Crippen molar-refractivity contribution in [2.45, 2.75) is 0 Å². The van der Waals surface area contributed by atoms with Gasteiger partial charge in [0, 0.05) is 27.7 Å². The van der Waals surface area contributed by atoms with Gasteiger partial charge in [0.25, 0.3) is 11.5 Å². The number of fused-ring (bicyclic) bond motifs is 2. The number of nitrogens with zero attached hydrogens (tertiary/aromatic N) is 4. The summed E-state index contributed by atoms with van der Waals surface area (Å²) >= 11 is 5.87. The van der Waals surface area contributed by atoms with Gasteiger partial charge in [-0.15, -0.1) is 0 Å². The van der Waals surface area contributed by atoms with E-state index < -0.39 is 28.7 Å². The zero-order valence-corrected chi connectivity index (χ0v) is 24.2. The van der Waals surface area contributed by atoms with Gasteiger partial charge in [-0.05, 0) is 54.6 Å². The molecule has 0 spiro atoms. The van der Waals surface area contributed by atoms with Gasteiger partial charge in [-0.25, -0.2) is 4.98 Å². The van der Waals surface area contributed by atoms with Crippen LogP contribution in [0.2, 0.25) is 5.02 Å². The van der Waals surface area contributed by atoms with Crippen molar-refractivity contribution < 1.29 is 23.6 Å². The van der Waals surface area contributed by atoms with E-state index in [4.69, 9.17) is 25.5 Å². The molecule has 0 aliphatic rings. The minimum Gasteiger partial charge on any atom is -0.493 e. The van der Waals surface area contributed by atoms with Gasteiger partial charge in [0.2, 0.25) is 11.6 Å². The highest BCUT2D eigenvalue weighted by Gasteiger charge is 2.23. The van der Waals surface area contributed by atoms with E-state index in [1.165, 1.54) is 25.5 Å². The number of benzene rings is 4. The van der Waals surface area contributed by atoms with Crippen molar-refractivity contribution in [1.29, 1.82) is 0 Å². The highest BCUT2D eigenvalue weighted by molar-refractivity contribution is 6.30. The molecule has 0 saturated heterocycles. The molecular formula is C32H22ClN5O7. The predicted molar refractivity (Wildman–Crippen MR) is 169 cm³/mol. The van der Waals surface area contributed by atoms with Gasteiger partial charge in [-0.1, -0.05) is 41.9 Å². The maximum atomic E-state index is 13.6. The lowest BCUT2D eigenvalue weighted by Crippen LogP contribution is -2.21. The second-order valence-corrected chi connectivity index (χ2v) is 10.1. The Hall–Kier alpha value is -6.01. The number of amides is 1. The number of furan rings is 1. The number of ether oxygens (including phenoxy) is 2. The Morgan fingerprint density at radius 2 is 1.84 bits per heavy atom. The second kappa shape index (κ2) is 12.3. The van der Waals surface area contributed by atoms with Crippen molar-refractivity contribution in [3.05, 3.63) is 122 Å². The van der Waals surface area contributed by atoms with E-state index in [9.17, 15) is 19.7 Å². The fourth-order valence-electron chi connectivity index (χ4n) is 4.59. The van der Waals surface area contributed by atoms with Gasteiger partial charge in [0.1, 0.15) is 5.58 Å². The molecule has 0 aliphatic heterocycles. The maximum Gasteiger partial charge on any atom is 0.315 e. The lowest BCUT2D eigenvalue weighted by Gasteiger charge is -2.12. The number of nitrogens with one attached hydrogen (secondary N) is 1. The zero-order valence-electron chi connectivity index (χ0n) is 23.5. The van der Waals surface area contributed by atoms with E-state index in [2.05, 4.69) is 15.4 Å². The molecule has 1 N–H and O–H groups in total. The van der Waals surface area contributed by atoms with Crippen molar-refractivity contribution >= 4 is 57.0 Å². The summed E-state index contributed by atoms with van der Waals surface area (Å²) in [5.74, 6) is -0.384. The van der Waals surface area contributed by atoms with E-state index in [-0.39, 0.29) is 22.9 Å². The number of carbonyl (C=O) groups is 1. The number of hydrogen-bond donors (Lipinski definition) is 1. The van der Waals surface area contributed by atoms with Gasteiger partial charge in [0.05, 0.1) is 29.2 Å². The second-order valence-electron chi connectivity index (χ2n) is 9.63. The Kier molecular flexibility index (Phi) is 7.95. The number of hydrogen-bond acceptors (Lipinski definition) is 9. The molecule has 0 saturated carbocycles. The quantitative estimate of drug-likeness (QED) is 0.112. The molecule has 2 aromatic heterocycles. The van der Waals surface area contributed by atoms with Crippen LogP contribution in [0.3, 0.4) is 0 Å². The van der Waals surface area contributed by atoms with Crippen LogP contribution in [0.25, 0.3) is 33.5 Å². The lowest BCUT2D eigenvalue weighted by atomic mass is 10.2. The molecule has 0 aliphatic carbocycles. The summed E-state index contributed by atoms with van der Waals surface area (Å²) < 4.78 is 18.0. The molecule has 6 rings (SSSR count). The largest absolute Gasteiger partial charge is 0.493 e. The fraction of sp³-hybridized carbons (Fsp3) is 0.0625. The SMILES string of the molecule is COc1cc(C=Nn2c(-c3cc4ccccc4o3)nc3ccccc3c2=O)cc([N+](=O)[O-])c1OCC(=O)Nc1ccc(Cl)cc1. The Morgan fingerprint density at radius 1 is 1.09 bits per heavy atom. The Morgan fingerprint density at radius 3 is 2.60 bits per heavy atom. The first-order valence-corrected chi connectivity index (χ1v) is 13.8. The average Bonchev–Trinajstić information content (AvgIpc) is 3.48. The van der Waals surface area contributed by atoms with Crippen molar-refractivity contribution in [2.24, 2.45) is 5.10 Å². The molecule has 13 heteroatoms. The van der Waals surface area contributed by atoms with Crippen LogP contribution < -0.4 is 20.3 Å². The van der Waals surface area contributed by atoms with Crippen LogP contribution in [0.1, 0.15) is 5.56 Å². The van der Waals surface area contributed by atoms with Gasteiger partial charge in [-0.2, -0.15) is 9.78 Å². The summed E-state index contributed by atoms with van der Waals surface area (Å²) in [6.07, 6.45) is 1.26. The number of aromatic nitrogens is 2. The molecule has 0 fully saturated rings. The summed E-state index contributed by atoms with van der Waals surface area (Å²) in [5, 5.41) is 20.7. The Labute approximate surface area is 259 Å². The number of para-hydroxylation sites is 2. The minimum atomic E-state index is -0.671. The molecular weight excluding hydrogens is 602 g/mol. The smallest absolute Gasteiger partial charge is 0.315 e. The lowest BCUT2D eigenvalue weighted by molar-refractivity contribution is -0.385. The van der Waals surface area contributed by atoms with Gasteiger partial charge in [-0.3, -0.25) is 19.7 Å². The first-order chi connectivity index (χ1) is 21.8. The molecule has 0 radical (unpaired) electrons. The van der Waals surface area contributed by atoms with Crippen LogP contribution in [-0.4, -0.2) is 40.4 Å². The molecule has 0 atom stereocenters.